The summed E-state index contributed by atoms with van der Waals surface area (Å²) in [6.45, 7) is 0. The first-order chi connectivity index (χ1) is 8.15. The summed E-state index contributed by atoms with van der Waals surface area (Å²) in [4.78, 5) is 5.13. The van der Waals surface area contributed by atoms with E-state index in [9.17, 15) is 4.39 Å². The average Bonchev–Trinajstić information content (AvgIpc) is 2.30. The van der Waals surface area contributed by atoms with Gasteiger partial charge in [-0.3, -0.25) is 4.98 Å². The fraction of sp³-hybridized carbons (Fsp3) is 0.0833. The monoisotopic (exact) mass is 312 g/mol. The summed E-state index contributed by atoms with van der Waals surface area (Å²) < 4.78 is 13.8. The maximum Gasteiger partial charge on any atom is 0.125 e. The first kappa shape index (κ1) is 12.4. The number of anilines is 1. The van der Waals surface area contributed by atoms with E-state index in [4.69, 9.17) is 5.73 Å². The number of nitrogens with zero attached hydrogens (tertiary/aromatic N) is 1. The summed E-state index contributed by atoms with van der Waals surface area (Å²) in [5.74, 6) is 0.400. The van der Waals surface area contributed by atoms with E-state index in [0.29, 0.717) is 11.4 Å². The van der Waals surface area contributed by atoms with Crippen molar-refractivity contribution in [2.75, 3.05) is 5.73 Å². The molecule has 0 aliphatic carbocycles. The van der Waals surface area contributed by atoms with Crippen molar-refractivity contribution in [1.82, 2.24) is 4.98 Å². The normalized spacial score (nSPS) is 10.5. The van der Waals surface area contributed by atoms with Crippen LogP contribution in [0.15, 0.2) is 45.9 Å². The lowest BCUT2D eigenvalue weighted by atomic mass is 10.3. The van der Waals surface area contributed by atoms with Crippen molar-refractivity contribution in [2.45, 2.75) is 10.6 Å². The van der Waals surface area contributed by atoms with Crippen molar-refractivity contribution >= 4 is 33.4 Å². The van der Waals surface area contributed by atoms with E-state index in [0.717, 1.165) is 15.1 Å². The summed E-state index contributed by atoms with van der Waals surface area (Å²) in [7, 11) is 0. The van der Waals surface area contributed by atoms with E-state index in [-0.39, 0.29) is 5.82 Å². The third-order valence-corrected chi connectivity index (χ3v) is 3.73. The van der Waals surface area contributed by atoms with E-state index in [1.165, 1.54) is 12.1 Å². The molecule has 1 aromatic carbocycles. The van der Waals surface area contributed by atoms with Gasteiger partial charge < -0.3 is 5.73 Å². The fourth-order valence-electron chi connectivity index (χ4n) is 1.29. The van der Waals surface area contributed by atoms with E-state index in [2.05, 4.69) is 20.9 Å². The van der Waals surface area contributed by atoms with Crippen LogP contribution < -0.4 is 5.73 Å². The Morgan fingerprint density at radius 2 is 2.12 bits per heavy atom. The molecule has 2 rings (SSSR count). The van der Waals surface area contributed by atoms with Gasteiger partial charge >= 0.3 is 0 Å². The maximum atomic E-state index is 12.8. The van der Waals surface area contributed by atoms with Gasteiger partial charge in [-0.15, -0.1) is 11.8 Å². The molecule has 0 aliphatic rings. The van der Waals surface area contributed by atoms with Crippen LogP contribution in [0.4, 0.5) is 10.1 Å². The number of nitrogen functional groups attached to an aromatic ring is 1. The SMILES string of the molecule is Nc1cc(F)ccc1SCc1ccc(Br)cn1. The van der Waals surface area contributed by atoms with Gasteiger partial charge in [-0.1, -0.05) is 0 Å². The Kier molecular flexibility index (Phi) is 4.02. The Balaban J connectivity index is 2.04. The molecule has 0 aliphatic heterocycles. The predicted molar refractivity (Wildman–Crippen MR) is 72.3 cm³/mol. The highest BCUT2D eigenvalue weighted by molar-refractivity contribution is 9.10. The minimum Gasteiger partial charge on any atom is -0.398 e. The third-order valence-electron chi connectivity index (χ3n) is 2.14. The Hall–Kier alpha value is -1.07. The van der Waals surface area contributed by atoms with E-state index < -0.39 is 0 Å². The highest BCUT2D eigenvalue weighted by atomic mass is 79.9. The number of benzene rings is 1. The molecule has 2 N–H and O–H groups in total. The summed E-state index contributed by atoms with van der Waals surface area (Å²) in [6, 6.07) is 8.31. The number of nitrogens with two attached hydrogens (primary N) is 1. The highest BCUT2D eigenvalue weighted by Crippen LogP contribution is 2.28. The van der Waals surface area contributed by atoms with Crippen LogP contribution in [0.1, 0.15) is 5.69 Å². The molecule has 0 spiro atoms. The summed E-state index contributed by atoms with van der Waals surface area (Å²) in [5.41, 5.74) is 7.15. The van der Waals surface area contributed by atoms with Crippen LogP contribution in [0.2, 0.25) is 0 Å². The van der Waals surface area contributed by atoms with Gasteiger partial charge in [0.25, 0.3) is 0 Å². The Morgan fingerprint density at radius 1 is 1.29 bits per heavy atom. The van der Waals surface area contributed by atoms with E-state index >= 15 is 0 Å². The van der Waals surface area contributed by atoms with Crippen molar-refractivity contribution in [2.24, 2.45) is 0 Å². The number of thioether (sulfide) groups is 1. The van der Waals surface area contributed by atoms with Gasteiger partial charge in [0.05, 0.1) is 5.69 Å². The van der Waals surface area contributed by atoms with Crippen molar-refractivity contribution in [3.05, 3.63) is 52.5 Å². The largest absolute Gasteiger partial charge is 0.398 e. The van der Waals surface area contributed by atoms with Crippen LogP contribution >= 0.6 is 27.7 Å². The topological polar surface area (TPSA) is 38.9 Å². The van der Waals surface area contributed by atoms with Crippen LogP contribution in [0.25, 0.3) is 0 Å². The van der Waals surface area contributed by atoms with Gasteiger partial charge in [-0.05, 0) is 46.3 Å². The second-order valence-electron chi connectivity index (χ2n) is 3.44. The van der Waals surface area contributed by atoms with Crippen molar-refractivity contribution < 1.29 is 4.39 Å². The number of halogens is 2. The predicted octanol–water partition coefficient (Wildman–Crippen LogP) is 3.86. The van der Waals surface area contributed by atoms with Gasteiger partial charge in [0, 0.05) is 27.0 Å². The zero-order valence-corrected chi connectivity index (χ0v) is 11.3. The lowest BCUT2D eigenvalue weighted by molar-refractivity contribution is 0.627. The maximum absolute atomic E-state index is 12.8. The molecule has 2 nitrogen and oxygen atoms in total. The zero-order chi connectivity index (χ0) is 12.3. The molecular formula is C12H10BrFN2S. The molecule has 0 saturated carbocycles. The van der Waals surface area contributed by atoms with Gasteiger partial charge in [-0.25, -0.2) is 4.39 Å². The van der Waals surface area contributed by atoms with Crippen molar-refractivity contribution in [3.8, 4) is 0 Å². The van der Waals surface area contributed by atoms with Gasteiger partial charge in [0.2, 0.25) is 0 Å². The molecule has 5 heteroatoms. The Labute approximate surface area is 112 Å². The second kappa shape index (κ2) is 5.51. The smallest absolute Gasteiger partial charge is 0.125 e. The first-order valence-corrected chi connectivity index (χ1v) is 6.71. The third kappa shape index (κ3) is 3.44. The molecule has 88 valence electrons. The van der Waals surface area contributed by atoms with Crippen LogP contribution in [-0.2, 0) is 5.75 Å². The van der Waals surface area contributed by atoms with Crippen molar-refractivity contribution in [3.63, 3.8) is 0 Å². The molecule has 0 radical (unpaired) electrons. The molecule has 1 heterocycles. The highest BCUT2D eigenvalue weighted by Gasteiger charge is 2.03. The molecule has 0 unspecified atom stereocenters. The number of pyridine rings is 1. The summed E-state index contributed by atoms with van der Waals surface area (Å²) in [6.07, 6.45) is 1.75. The minimum absolute atomic E-state index is 0.311. The molecule has 0 amide bonds. The molecule has 2 aromatic rings. The first-order valence-electron chi connectivity index (χ1n) is 4.93. The lowest BCUT2D eigenvalue weighted by Gasteiger charge is -2.05. The Bertz CT molecular complexity index is 516. The quantitative estimate of drug-likeness (QED) is 0.691. The van der Waals surface area contributed by atoms with Gasteiger partial charge in [0.15, 0.2) is 0 Å². The minimum atomic E-state index is -0.311. The molecule has 0 saturated heterocycles. The molecular weight excluding hydrogens is 303 g/mol. The molecule has 0 bridgehead atoms. The zero-order valence-electron chi connectivity index (χ0n) is 8.86. The number of rotatable bonds is 3. The molecule has 1 aromatic heterocycles. The standard InChI is InChI=1S/C12H10BrFN2S/c13-8-1-3-10(16-6-8)7-17-12-4-2-9(14)5-11(12)15/h1-6H,7,15H2. The second-order valence-corrected chi connectivity index (χ2v) is 5.37. The molecule has 17 heavy (non-hydrogen) atoms. The Morgan fingerprint density at radius 3 is 2.76 bits per heavy atom. The molecule has 0 fully saturated rings. The molecule has 0 atom stereocenters. The lowest BCUT2D eigenvalue weighted by Crippen LogP contribution is -1.91. The average molecular weight is 313 g/mol. The number of hydrogen-bond acceptors (Lipinski definition) is 3. The number of aromatic nitrogens is 1. The number of hydrogen-bond donors (Lipinski definition) is 1. The van der Waals surface area contributed by atoms with Crippen LogP contribution in [0, 0.1) is 5.82 Å². The summed E-state index contributed by atoms with van der Waals surface area (Å²) in [5, 5.41) is 0. The van der Waals surface area contributed by atoms with E-state index in [1.54, 1.807) is 24.0 Å². The van der Waals surface area contributed by atoms with Crippen LogP contribution in [0.3, 0.4) is 0 Å². The summed E-state index contributed by atoms with van der Waals surface area (Å²) >= 11 is 4.88. The van der Waals surface area contributed by atoms with Gasteiger partial charge in [-0.2, -0.15) is 0 Å². The fourth-order valence-corrected chi connectivity index (χ4v) is 2.39. The van der Waals surface area contributed by atoms with Crippen LogP contribution in [0.5, 0.6) is 0 Å². The van der Waals surface area contributed by atoms with Gasteiger partial charge in [0.1, 0.15) is 5.82 Å². The van der Waals surface area contributed by atoms with Crippen molar-refractivity contribution in [1.29, 1.82) is 0 Å². The van der Waals surface area contributed by atoms with Crippen LogP contribution in [-0.4, -0.2) is 4.98 Å². The van der Waals surface area contributed by atoms with E-state index in [1.807, 2.05) is 12.1 Å².